The summed E-state index contributed by atoms with van der Waals surface area (Å²) in [4.78, 5) is 24.3. The Hall–Kier alpha value is -3.75. The van der Waals surface area contributed by atoms with E-state index in [1.165, 1.54) is 23.3 Å². The van der Waals surface area contributed by atoms with Crippen molar-refractivity contribution >= 4 is 16.9 Å². The van der Waals surface area contributed by atoms with Crippen molar-refractivity contribution in [1.82, 2.24) is 29.9 Å². The maximum atomic E-state index is 14.8. The summed E-state index contributed by atoms with van der Waals surface area (Å²) in [5.41, 5.74) is 1.89. The second-order valence-electron chi connectivity index (χ2n) is 7.11. The number of rotatable bonds is 4. The van der Waals surface area contributed by atoms with Crippen LogP contribution in [0.1, 0.15) is 35.1 Å². The number of H-pyrrole nitrogens is 1. The number of amides is 1. The molecule has 0 aliphatic carbocycles. The maximum absolute atomic E-state index is 14.8. The summed E-state index contributed by atoms with van der Waals surface area (Å²) in [7, 11) is 1.61. The number of methoxy groups -OCH3 is 1. The normalized spacial score (nSPS) is 16.3. The highest BCUT2D eigenvalue weighted by atomic mass is 19.1. The summed E-state index contributed by atoms with van der Waals surface area (Å²) in [5, 5.41) is 8.11. The molecule has 3 heterocycles. The lowest BCUT2D eigenvalue weighted by molar-refractivity contribution is 0.0725. The molecule has 1 amide bonds. The molecule has 1 saturated heterocycles. The molecule has 1 aliphatic heterocycles. The minimum absolute atomic E-state index is 0.0432. The number of carbonyl (C=O) groups is 1. The number of imidazole rings is 1. The highest BCUT2D eigenvalue weighted by molar-refractivity contribution is 5.98. The van der Waals surface area contributed by atoms with Gasteiger partial charge in [0.2, 0.25) is 0 Å². The minimum atomic E-state index is -0.602. The minimum Gasteiger partial charge on any atom is -0.497 e. The third-order valence-electron chi connectivity index (χ3n) is 5.38. The monoisotopic (exact) mass is 406 g/mol. The lowest BCUT2D eigenvalue weighted by Gasteiger charge is -2.24. The van der Waals surface area contributed by atoms with Crippen LogP contribution in [-0.4, -0.2) is 49.4 Å². The molecule has 0 saturated carbocycles. The first-order chi connectivity index (χ1) is 14.7. The third-order valence-corrected chi connectivity index (χ3v) is 5.38. The number of nitrogens with zero attached hydrogens (tertiary/aromatic N) is 5. The molecule has 1 aliphatic rings. The van der Waals surface area contributed by atoms with E-state index in [2.05, 4.69) is 20.2 Å². The number of carbonyl (C=O) groups excluding carboxylic acids is 1. The predicted octanol–water partition coefficient (Wildman–Crippen LogP) is 3.27. The topological polar surface area (TPSA) is 88.9 Å². The number of ether oxygens (including phenoxy) is 1. The van der Waals surface area contributed by atoms with E-state index in [-0.39, 0.29) is 11.6 Å². The second kappa shape index (κ2) is 7.25. The molecular weight excluding hydrogens is 387 g/mol. The van der Waals surface area contributed by atoms with Gasteiger partial charge >= 0.3 is 0 Å². The molecule has 0 bridgehead atoms. The average Bonchev–Trinajstić information content (AvgIpc) is 3.52. The van der Waals surface area contributed by atoms with Crippen LogP contribution in [0.5, 0.6) is 5.75 Å². The molecule has 2 aromatic carbocycles. The van der Waals surface area contributed by atoms with Gasteiger partial charge in [-0.05, 0) is 37.1 Å². The fourth-order valence-electron chi connectivity index (χ4n) is 3.96. The Morgan fingerprint density at radius 2 is 2.07 bits per heavy atom. The SMILES string of the molecule is COc1ccc2nc(C3CCCN3C(=O)c3c(F)cccc3-n3nccn3)[nH]c2c1. The molecule has 1 unspecified atom stereocenters. The molecule has 1 N–H and O–H groups in total. The summed E-state index contributed by atoms with van der Waals surface area (Å²) in [6.07, 6.45) is 4.52. The summed E-state index contributed by atoms with van der Waals surface area (Å²) in [6.45, 7) is 0.518. The van der Waals surface area contributed by atoms with Gasteiger partial charge in [-0.3, -0.25) is 4.79 Å². The summed E-state index contributed by atoms with van der Waals surface area (Å²) < 4.78 is 20.0. The Kier molecular flexibility index (Phi) is 4.42. The Bertz CT molecular complexity index is 1220. The highest BCUT2D eigenvalue weighted by Gasteiger charge is 2.35. The van der Waals surface area contributed by atoms with Crippen LogP contribution in [0.15, 0.2) is 48.8 Å². The Balaban J connectivity index is 1.53. The van der Waals surface area contributed by atoms with Gasteiger partial charge < -0.3 is 14.6 Å². The van der Waals surface area contributed by atoms with Crippen molar-refractivity contribution in [3.63, 3.8) is 0 Å². The first-order valence-electron chi connectivity index (χ1n) is 9.65. The Morgan fingerprint density at radius 1 is 1.23 bits per heavy atom. The summed E-state index contributed by atoms with van der Waals surface area (Å²) in [5.74, 6) is 0.398. The van der Waals surface area contributed by atoms with E-state index in [9.17, 15) is 9.18 Å². The van der Waals surface area contributed by atoms with E-state index in [4.69, 9.17) is 4.74 Å². The number of aromatic amines is 1. The largest absolute Gasteiger partial charge is 0.497 e. The van der Waals surface area contributed by atoms with Gasteiger partial charge in [0.15, 0.2) is 0 Å². The van der Waals surface area contributed by atoms with Crippen LogP contribution < -0.4 is 4.74 Å². The van der Waals surface area contributed by atoms with Gasteiger partial charge in [0, 0.05) is 12.6 Å². The molecule has 1 atom stereocenters. The van der Waals surface area contributed by atoms with Crippen LogP contribution in [-0.2, 0) is 0 Å². The Labute approximate surface area is 171 Å². The van der Waals surface area contributed by atoms with Crippen molar-refractivity contribution < 1.29 is 13.9 Å². The third kappa shape index (κ3) is 2.99. The van der Waals surface area contributed by atoms with Gasteiger partial charge in [0.05, 0.1) is 36.6 Å². The standard InChI is InChI=1S/C21H19FN6O2/c1-30-13-7-8-15-16(12-13)26-20(25-15)18-6-3-11-27(18)21(29)19-14(22)4-2-5-17(19)28-23-9-10-24-28/h2,4-5,7-10,12,18H,3,6,11H2,1H3,(H,25,26). The number of fused-ring (bicyclic) bond motifs is 1. The van der Waals surface area contributed by atoms with Gasteiger partial charge in [0.25, 0.3) is 5.91 Å². The molecule has 8 nitrogen and oxygen atoms in total. The van der Waals surface area contributed by atoms with E-state index >= 15 is 0 Å². The average molecular weight is 406 g/mol. The number of hydrogen-bond acceptors (Lipinski definition) is 5. The lowest BCUT2D eigenvalue weighted by atomic mass is 10.1. The highest BCUT2D eigenvalue weighted by Crippen LogP contribution is 2.34. The molecule has 1 fully saturated rings. The first kappa shape index (κ1) is 18.3. The fraction of sp³-hybridized carbons (Fsp3) is 0.238. The van der Waals surface area contributed by atoms with Crippen molar-refractivity contribution in [3.8, 4) is 11.4 Å². The lowest BCUT2D eigenvalue weighted by Crippen LogP contribution is -2.32. The zero-order chi connectivity index (χ0) is 20.7. The van der Waals surface area contributed by atoms with Gasteiger partial charge in [-0.15, -0.1) is 0 Å². The van der Waals surface area contributed by atoms with Crippen molar-refractivity contribution in [2.24, 2.45) is 0 Å². The van der Waals surface area contributed by atoms with Gasteiger partial charge in [-0.2, -0.15) is 15.0 Å². The number of nitrogens with one attached hydrogen (secondary N) is 1. The number of aromatic nitrogens is 5. The number of hydrogen-bond donors (Lipinski definition) is 1. The van der Waals surface area contributed by atoms with Crippen molar-refractivity contribution in [2.45, 2.75) is 18.9 Å². The second-order valence-corrected chi connectivity index (χ2v) is 7.11. The van der Waals surface area contributed by atoms with Crippen molar-refractivity contribution in [1.29, 1.82) is 0 Å². The molecule has 5 rings (SSSR count). The molecule has 152 valence electrons. The van der Waals surface area contributed by atoms with Crippen LogP contribution in [0.25, 0.3) is 16.7 Å². The number of likely N-dealkylation sites (tertiary alicyclic amines) is 1. The quantitative estimate of drug-likeness (QED) is 0.562. The molecule has 0 radical (unpaired) electrons. The molecule has 2 aromatic heterocycles. The fourth-order valence-corrected chi connectivity index (χ4v) is 3.96. The van der Waals surface area contributed by atoms with E-state index in [1.807, 2.05) is 18.2 Å². The summed E-state index contributed by atoms with van der Waals surface area (Å²) >= 11 is 0. The first-order valence-corrected chi connectivity index (χ1v) is 9.65. The number of halogens is 1. The van der Waals surface area contributed by atoms with Gasteiger partial charge in [0.1, 0.15) is 28.6 Å². The van der Waals surface area contributed by atoms with E-state index in [1.54, 1.807) is 24.1 Å². The van der Waals surface area contributed by atoms with Crippen LogP contribution >= 0.6 is 0 Å². The van der Waals surface area contributed by atoms with E-state index in [0.29, 0.717) is 18.1 Å². The van der Waals surface area contributed by atoms with E-state index in [0.717, 1.165) is 29.6 Å². The zero-order valence-corrected chi connectivity index (χ0v) is 16.2. The Morgan fingerprint density at radius 3 is 2.87 bits per heavy atom. The maximum Gasteiger partial charge on any atom is 0.259 e. The molecular formula is C21H19FN6O2. The van der Waals surface area contributed by atoms with Crippen LogP contribution in [0, 0.1) is 5.82 Å². The van der Waals surface area contributed by atoms with Crippen LogP contribution in [0.3, 0.4) is 0 Å². The number of benzene rings is 2. The van der Waals surface area contributed by atoms with Crippen molar-refractivity contribution in [2.75, 3.05) is 13.7 Å². The van der Waals surface area contributed by atoms with Gasteiger partial charge in [-0.25, -0.2) is 9.37 Å². The molecule has 9 heteroatoms. The van der Waals surface area contributed by atoms with Gasteiger partial charge in [-0.1, -0.05) is 6.07 Å². The van der Waals surface area contributed by atoms with E-state index < -0.39 is 11.7 Å². The van der Waals surface area contributed by atoms with Crippen molar-refractivity contribution in [3.05, 3.63) is 66.0 Å². The smallest absolute Gasteiger partial charge is 0.259 e. The zero-order valence-electron chi connectivity index (χ0n) is 16.2. The summed E-state index contributed by atoms with van der Waals surface area (Å²) in [6, 6.07) is 9.76. The molecule has 0 spiro atoms. The molecule has 4 aromatic rings. The van der Waals surface area contributed by atoms with Crippen LogP contribution in [0.2, 0.25) is 0 Å². The molecule has 30 heavy (non-hydrogen) atoms. The van der Waals surface area contributed by atoms with Crippen LogP contribution in [0.4, 0.5) is 4.39 Å². The predicted molar refractivity (Wildman–Crippen MR) is 107 cm³/mol.